The Kier molecular flexibility index (Phi) is 7.45. The number of nitrogens with zero attached hydrogens (tertiary/aromatic N) is 1. The number of fused-ring (bicyclic) bond motifs is 2. The van der Waals surface area contributed by atoms with E-state index in [0.717, 1.165) is 47.6 Å². The molecule has 152 valence electrons. The number of carbonyl (C=O) groups excluding carboxylic acids is 2. The van der Waals surface area contributed by atoms with Gasteiger partial charge >= 0.3 is 29.6 Å². The summed E-state index contributed by atoms with van der Waals surface area (Å²) >= 11 is 0. The van der Waals surface area contributed by atoms with Gasteiger partial charge in [0.1, 0.15) is 5.75 Å². The summed E-state index contributed by atoms with van der Waals surface area (Å²) in [5.41, 5.74) is 5.18. The zero-order chi connectivity index (χ0) is 20.4. The molecule has 6 nitrogen and oxygen atoms in total. The number of ether oxygens (including phenoxy) is 1. The van der Waals surface area contributed by atoms with Crippen LogP contribution in [0, 0.1) is 0 Å². The Hall–Kier alpha value is -2.02. The van der Waals surface area contributed by atoms with E-state index in [1.54, 1.807) is 0 Å². The van der Waals surface area contributed by atoms with E-state index in [2.05, 4.69) is 17.4 Å². The minimum atomic E-state index is -1.06. The first kappa shape index (κ1) is 22.7. The van der Waals surface area contributed by atoms with E-state index in [0.29, 0.717) is 19.6 Å². The zero-order valence-corrected chi connectivity index (χ0v) is 19.6. The number of hydrogen-bond donors (Lipinski definition) is 1. The van der Waals surface area contributed by atoms with Gasteiger partial charge in [-0.1, -0.05) is 31.2 Å². The fourth-order valence-corrected chi connectivity index (χ4v) is 4.27. The molecule has 0 aromatic heterocycles. The van der Waals surface area contributed by atoms with Crippen LogP contribution in [-0.2, 0) is 22.6 Å². The minimum Gasteiger partial charge on any atom is -0.550 e. The smallest absolute Gasteiger partial charge is 0.550 e. The van der Waals surface area contributed by atoms with Gasteiger partial charge in [0.05, 0.1) is 12.3 Å². The van der Waals surface area contributed by atoms with Gasteiger partial charge in [-0.2, -0.15) is 0 Å². The van der Waals surface area contributed by atoms with Crippen LogP contribution in [0.4, 0.5) is 11.4 Å². The van der Waals surface area contributed by atoms with Crippen molar-refractivity contribution in [2.45, 2.75) is 45.1 Å². The summed E-state index contributed by atoms with van der Waals surface area (Å²) in [6, 6.07) is 12.0. The first-order valence-electron chi connectivity index (χ1n) is 10.2. The number of carboxylic acid groups (broad SMARTS) is 1. The average molecular weight is 416 g/mol. The molecule has 0 fully saturated rings. The fraction of sp³-hybridized carbons (Fsp3) is 0.391. The molecule has 0 radical (unpaired) electrons. The number of hydrogen-bond acceptors (Lipinski definition) is 5. The van der Waals surface area contributed by atoms with Gasteiger partial charge in [-0.05, 0) is 36.5 Å². The average Bonchev–Trinajstić information content (AvgIpc) is 3.12. The van der Waals surface area contributed by atoms with E-state index in [4.69, 9.17) is 4.74 Å². The summed E-state index contributed by atoms with van der Waals surface area (Å²) in [6.45, 7) is 3.63. The molecule has 1 N–H and O–H groups in total. The molecule has 7 heteroatoms. The van der Waals surface area contributed by atoms with Crippen molar-refractivity contribution in [1.82, 2.24) is 0 Å². The van der Waals surface area contributed by atoms with Gasteiger partial charge in [0.2, 0.25) is 5.91 Å². The maximum atomic E-state index is 12.4. The van der Waals surface area contributed by atoms with Crippen molar-refractivity contribution in [2.75, 3.05) is 23.4 Å². The summed E-state index contributed by atoms with van der Waals surface area (Å²) in [7, 11) is 0. The number of benzene rings is 2. The summed E-state index contributed by atoms with van der Waals surface area (Å²) in [5.74, 6) is -0.338. The molecule has 0 saturated carbocycles. The monoisotopic (exact) mass is 416 g/mol. The molecule has 0 aliphatic carbocycles. The Morgan fingerprint density at radius 3 is 2.87 bits per heavy atom. The number of amides is 1. The third-order valence-corrected chi connectivity index (χ3v) is 5.69. The summed E-state index contributed by atoms with van der Waals surface area (Å²) in [6.07, 6.45) is 2.45. The van der Waals surface area contributed by atoms with Crippen LogP contribution in [0.1, 0.15) is 48.8 Å². The van der Waals surface area contributed by atoms with Crippen LogP contribution in [-0.4, -0.2) is 25.0 Å². The largest absolute Gasteiger partial charge is 1.00 e. The van der Waals surface area contributed by atoms with E-state index >= 15 is 0 Å². The van der Waals surface area contributed by atoms with Crippen LogP contribution in [0.5, 0.6) is 5.75 Å². The molecule has 2 heterocycles. The van der Waals surface area contributed by atoms with Crippen LogP contribution in [0.2, 0.25) is 0 Å². The SMILES string of the molecule is CCC(=O)N1CCCc2cccc(CNc3ccc4c(c3)OCC4CC(=O)[O-])c21.[Na+]. The molecule has 2 aromatic rings. The Labute approximate surface area is 198 Å². The Bertz CT molecular complexity index is 947. The van der Waals surface area contributed by atoms with Gasteiger partial charge < -0.3 is 24.9 Å². The molecule has 1 atom stereocenters. The Balaban J connectivity index is 0.00000256. The molecular weight excluding hydrogens is 391 g/mol. The molecule has 30 heavy (non-hydrogen) atoms. The molecular formula is C23H25N2NaO4. The number of carboxylic acids is 1. The van der Waals surface area contributed by atoms with E-state index in [9.17, 15) is 14.7 Å². The van der Waals surface area contributed by atoms with Crippen molar-refractivity contribution in [1.29, 1.82) is 0 Å². The van der Waals surface area contributed by atoms with E-state index < -0.39 is 5.97 Å². The first-order valence-corrected chi connectivity index (χ1v) is 10.2. The number of nitrogens with one attached hydrogen (secondary N) is 1. The number of aliphatic carboxylic acids is 1. The second-order valence-corrected chi connectivity index (χ2v) is 7.62. The molecule has 0 saturated heterocycles. The quantitative estimate of drug-likeness (QED) is 0.649. The third-order valence-electron chi connectivity index (χ3n) is 5.69. The van der Waals surface area contributed by atoms with Crippen LogP contribution < -0.4 is 49.6 Å². The molecule has 4 rings (SSSR count). The van der Waals surface area contributed by atoms with E-state index in [1.165, 1.54) is 5.56 Å². The fourth-order valence-electron chi connectivity index (χ4n) is 4.27. The van der Waals surface area contributed by atoms with Crippen LogP contribution in [0.25, 0.3) is 0 Å². The molecule has 0 spiro atoms. The van der Waals surface area contributed by atoms with Gasteiger partial charge in [-0.25, -0.2) is 0 Å². The maximum absolute atomic E-state index is 12.4. The predicted molar refractivity (Wildman–Crippen MR) is 109 cm³/mol. The standard InChI is InChI=1S/C23H26N2O4.Na/c1-2-21(26)25-10-4-7-15-5-3-6-16(23(15)25)13-24-18-8-9-19-17(11-22(27)28)14-29-20(19)12-18;/h3,5-6,8-9,12,17,24H,2,4,7,10-11,13-14H2,1H3,(H,27,28);/q;+1/p-1. The van der Waals surface area contributed by atoms with Crippen LogP contribution >= 0.6 is 0 Å². The minimum absolute atomic E-state index is 0. The maximum Gasteiger partial charge on any atom is 1.00 e. The Morgan fingerprint density at radius 2 is 2.10 bits per heavy atom. The van der Waals surface area contributed by atoms with Gasteiger partial charge in [0, 0.05) is 48.7 Å². The van der Waals surface area contributed by atoms with Crippen molar-refractivity contribution in [3.8, 4) is 5.75 Å². The van der Waals surface area contributed by atoms with Gasteiger partial charge in [-0.15, -0.1) is 0 Å². The van der Waals surface area contributed by atoms with Crippen molar-refractivity contribution < 1.29 is 49.0 Å². The number of carbonyl (C=O) groups is 2. The number of aryl methyl sites for hydroxylation is 1. The second kappa shape index (κ2) is 9.86. The van der Waals surface area contributed by atoms with Gasteiger partial charge in [0.15, 0.2) is 0 Å². The van der Waals surface area contributed by atoms with Gasteiger partial charge in [0.25, 0.3) is 0 Å². The third kappa shape index (κ3) is 4.66. The summed E-state index contributed by atoms with van der Waals surface area (Å²) < 4.78 is 5.67. The van der Waals surface area contributed by atoms with E-state index in [-0.39, 0.29) is 47.8 Å². The number of rotatable bonds is 6. The van der Waals surface area contributed by atoms with Crippen molar-refractivity contribution in [3.63, 3.8) is 0 Å². The number of para-hydroxylation sites is 1. The normalized spacial score (nSPS) is 16.7. The summed E-state index contributed by atoms with van der Waals surface area (Å²) in [4.78, 5) is 25.3. The molecule has 0 bridgehead atoms. The van der Waals surface area contributed by atoms with Crippen molar-refractivity contribution in [2.24, 2.45) is 0 Å². The molecule has 1 amide bonds. The molecule has 1 unspecified atom stereocenters. The summed E-state index contributed by atoms with van der Waals surface area (Å²) in [5, 5.41) is 14.3. The van der Waals surface area contributed by atoms with Gasteiger partial charge in [-0.3, -0.25) is 4.79 Å². The zero-order valence-electron chi connectivity index (χ0n) is 17.6. The van der Waals surface area contributed by atoms with Crippen molar-refractivity contribution in [3.05, 3.63) is 53.1 Å². The molecule has 2 aliphatic rings. The molecule has 2 aromatic carbocycles. The Morgan fingerprint density at radius 1 is 1.27 bits per heavy atom. The topological polar surface area (TPSA) is 81.7 Å². The van der Waals surface area contributed by atoms with E-state index in [1.807, 2.05) is 36.1 Å². The van der Waals surface area contributed by atoms with Crippen molar-refractivity contribution >= 4 is 23.3 Å². The predicted octanol–water partition coefficient (Wildman–Crippen LogP) is -0.392. The second-order valence-electron chi connectivity index (χ2n) is 7.62. The van der Waals surface area contributed by atoms with Crippen LogP contribution in [0.3, 0.4) is 0 Å². The molecule has 2 aliphatic heterocycles. The van der Waals surface area contributed by atoms with Crippen LogP contribution in [0.15, 0.2) is 36.4 Å². The first-order chi connectivity index (χ1) is 14.1. The number of anilines is 2.